The van der Waals surface area contributed by atoms with Crippen LogP contribution in [0, 0.1) is 19.7 Å². The maximum absolute atomic E-state index is 14.0. The second-order valence-corrected chi connectivity index (χ2v) is 11.7. The number of carbonyl (C=O) groups is 2. The molecule has 2 aliphatic rings. The highest BCUT2D eigenvalue weighted by molar-refractivity contribution is 7.93. The number of aryl methyl sites for hydroxylation is 2. The number of hydrogen-bond acceptors (Lipinski definition) is 4. The van der Waals surface area contributed by atoms with Crippen LogP contribution in [0.5, 0.6) is 0 Å². The molecule has 0 unspecified atom stereocenters. The van der Waals surface area contributed by atoms with Crippen molar-refractivity contribution in [2.45, 2.75) is 68.1 Å². The van der Waals surface area contributed by atoms with Crippen molar-refractivity contribution >= 4 is 21.7 Å². The fraction of sp³-hybridized carbons (Fsp3) is 0.462. The fourth-order valence-electron chi connectivity index (χ4n) is 5.12. The van der Waals surface area contributed by atoms with E-state index in [1.807, 2.05) is 13.0 Å². The molecule has 0 radical (unpaired) electrons. The quantitative estimate of drug-likeness (QED) is 0.694. The van der Waals surface area contributed by atoms with Crippen molar-refractivity contribution in [3.63, 3.8) is 0 Å². The van der Waals surface area contributed by atoms with Crippen LogP contribution >= 0.6 is 0 Å². The minimum atomic E-state index is -3.89. The normalized spacial score (nSPS) is 18.6. The number of piperidine rings is 1. The minimum absolute atomic E-state index is 0.0366. The van der Waals surface area contributed by atoms with Gasteiger partial charge in [0.25, 0.3) is 5.91 Å². The van der Waals surface area contributed by atoms with E-state index in [0.29, 0.717) is 57.2 Å². The predicted molar refractivity (Wildman–Crippen MR) is 128 cm³/mol. The molecular weight excluding hydrogens is 455 g/mol. The van der Waals surface area contributed by atoms with E-state index < -0.39 is 26.3 Å². The second-order valence-electron chi connectivity index (χ2n) is 9.49. The minimum Gasteiger partial charge on any atom is -0.352 e. The van der Waals surface area contributed by atoms with E-state index in [9.17, 15) is 22.4 Å². The zero-order valence-electron chi connectivity index (χ0n) is 19.6. The van der Waals surface area contributed by atoms with Crippen LogP contribution in [0.25, 0.3) is 0 Å². The van der Waals surface area contributed by atoms with Gasteiger partial charge >= 0.3 is 0 Å². The number of likely N-dealkylation sites (tertiary alicyclic amines) is 1. The van der Waals surface area contributed by atoms with Crippen LogP contribution in [0.4, 0.5) is 4.39 Å². The SMILES string of the molecule is Cc1ccc(C)c(S(=O)(=O)C2(C(=O)NC3CCN(C(=O)c4ccccc4F)CC3)CCCC2)c1. The Bertz CT molecular complexity index is 1200. The van der Waals surface area contributed by atoms with Gasteiger partial charge in [0, 0.05) is 19.1 Å². The number of halogens is 1. The highest BCUT2D eigenvalue weighted by Crippen LogP contribution is 2.42. The zero-order chi connectivity index (χ0) is 24.5. The van der Waals surface area contributed by atoms with Crippen molar-refractivity contribution in [2.24, 2.45) is 0 Å². The molecule has 2 amide bonds. The van der Waals surface area contributed by atoms with E-state index >= 15 is 0 Å². The van der Waals surface area contributed by atoms with E-state index in [0.717, 1.165) is 5.56 Å². The molecule has 2 aromatic rings. The fourth-order valence-corrected chi connectivity index (χ4v) is 7.50. The number of hydrogen-bond donors (Lipinski definition) is 1. The number of nitrogens with one attached hydrogen (secondary N) is 1. The number of carbonyl (C=O) groups excluding carboxylic acids is 2. The monoisotopic (exact) mass is 486 g/mol. The molecule has 0 bridgehead atoms. The first kappa shape index (κ1) is 24.4. The number of benzene rings is 2. The van der Waals surface area contributed by atoms with E-state index in [1.165, 1.54) is 12.1 Å². The van der Waals surface area contributed by atoms with Gasteiger partial charge in [-0.05, 0) is 68.9 Å². The van der Waals surface area contributed by atoms with Gasteiger partial charge < -0.3 is 10.2 Å². The van der Waals surface area contributed by atoms with Crippen molar-refractivity contribution in [1.29, 1.82) is 0 Å². The van der Waals surface area contributed by atoms with Crippen molar-refractivity contribution in [1.82, 2.24) is 10.2 Å². The molecule has 1 heterocycles. The van der Waals surface area contributed by atoms with Crippen LogP contribution in [-0.4, -0.2) is 49.0 Å². The third-order valence-corrected chi connectivity index (χ3v) is 9.84. The van der Waals surface area contributed by atoms with Gasteiger partial charge in [0.05, 0.1) is 10.5 Å². The van der Waals surface area contributed by atoms with Crippen molar-refractivity contribution in [2.75, 3.05) is 13.1 Å². The highest BCUT2D eigenvalue weighted by Gasteiger charge is 2.53. The van der Waals surface area contributed by atoms with E-state index in [4.69, 9.17) is 0 Å². The lowest BCUT2D eigenvalue weighted by molar-refractivity contribution is -0.124. The summed E-state index contributed by atoms with van der Waals surface area (Å²) in [5.74, 6) is -1.36. The molecule has 1 saturated carbocycles. The van der Waals surface area contributed by atoms with Gasteiger partial charge in [-0.15, -0.1) is 0 Å². The molecule has 4 rings (SSSR count). The van der Waals surface area contributed by atoms with Crippen LogP contribution in [-0.2, 0) is 14.6 Å². The lowest BCUT2D eigenvalue weighted by Crippen LogP contribution is -2.55. The Labute approximate surface area is 200 Å². The van der Waals surface area contributed by atoms with Crippen molar-refractivity contribution < 1.29 is 22.4 Å². The summed E-state index contributed by atoms with van der Waals surface area (Å²) in [6.45, 7) is 4.34. The Morgan fingerprint density at radius 2 is 1.68 bits per heavy atom. The Morgan fingerprint density at radius 1 is 1.03 bits per heavy atom. The summed E-state index contributed by atoms with van der Waals surface area (Å²) < 4.78 is 40.1. The molecule has 0 atom stereocenters. The Morgan fingerprint density at radius 3 is 2.32 bits per heavy atom. The van der Waals surface area contributed by atoms with E-state index in [-0.39, 0.29) is 22.4 Å². The second kappa shape index (κ2) is 9.49. The van der Waals surface area contributed by atoms with Crippen LogP contribution in [0.2, 0.25) is 0 Å². The van der Waals surface area contributed by atoms with Crippen LogP contribution < -0.4 is 5.32 Å². The van der Waals surface area contributed by atoms with Crippen LogP contribution in [0.1, 0.15) is 60.0 Å². The highest BCUT2D eigenvalue weighted by atomic mass is 32.2. The molecule has 8 heteroatoms. The average molecular weight is 487 g/mol. The van der Waals surface area contributed by atoms with Crippen molar-refractivity contribution in [3.8, 4) is 0 Å². The van der Waals surface area contributed by atoms with Crippen LogP contribution in [0.15, 0.2) is 47.4 Å². The van der Waals surface area contributed by atoms with Gasteiger partial charge in [0.1, 0.15) is 5.82 Å². The summed E-state index contributed by atoms with van der Waals surface area (Å²) in [6, 6.07) is 11.0. The maximum Gasteiger partial charge on any atom is 0.256 e. The molecule has 1 aliphatic heterocycles. The van der Waals surface area contributed by atoms with Crippen LogP contribution in [0.3, 0.4) is 0 Å². The molecule has 1 saturated heterocycles. The Hall–Kier alpha value is -2.74. The Kier molecular flexibility index (Phi) is 6.80. The molecule has 0 aromatic heterocycles. The third kappa shape index (κ3) is 4.35. The molecule has 1 aliphatic carbocycles. The first-order valence-electron chi connectivity index (χ1n) is 11.8. The first-order chi connectivity index (χ1) is 16.2. The summed E-state index contributed by atoms with van der Waals surface area (Å²) in [6.07, 6.45) is 2.97. The first-order valence-corrected chi connectivity index (χ1v) is 13.3. The number of sulfone groups is 1. The number of rotatable bonds is 5. The summed E-state index contributed by atoms with van der Waals surface area (Å²) in [5, 5.41) is 2.99. The molecule has 34 heavy (non-hydrogen) atoms. The number of amides is 2. The third-order valence-electron chi connectivity index (χ3n) is 7.19. The van der Waals surface area contributed by atoms with Gasteiger partial charge in [0.15, 0.2) is 14.6 Å². The molecule has 2 fully saturated rings. The maximum atomic E-state index is 14.0. The summed E-state index contributed by atoms with van der Waals surface area (Å²) >= 11 is 0. The Balaban J connectivity index is 1.48. The van der Waals surface area contributed by atoms with Gasteiger partial charge in [-0.1, -0.05) is 37.1 Å². The summed E-state index contributed by atoms with van der Waals surface area (Å²) in [4.78, 5) is 28.0. The summed E-state index contributed by atoms with van der Waals surface area (Å²) in [7, 11) is -3.89. The lowest BCUT2D eigenvalue weighted by Gasteiger charge is -2.35. The molecule has 2 aromatic carbocycles. The molecular formula is C26H31FN2O4S. The zero-order valence-corrected chi connectivity index (χ0v) is 20.5. The molecule has 1 N–H and O–H groups in total. The number of nitrogens with zero attached hydrogens (tertiary/aromatic N) is 1. The predicted octanol–water partition coefficient (Wildman–Crippen LogP) is 3.95. The molecule has 6 nitrogen and oxygen atoms in total. The molecule has 0 spiro atoms. The average Bonchev–Trinajstić information content (AvgIpc) is 3.33. The topological polar surface area (TPSA) is 83.6 Å². The summed E-state index contributed by atoms with van der Waals surface area (Å²) in [5.41, 5.74) is 1.52. The van der Waals surface area contributed by atoms with E-state index in [1.54, 1.807) is 36.1 Å². The van der Waals surface area contributed by atoms with Gasteiger partial charge in [0.2, 0.25) is 5.91 Å². The molecule has 182 valence electrons. The largest absolute Gasteiger partial charge is 0.352 e. The van der Waals surface area contributed by atoms with E-state index in [2.05, 4.69) is 5.32 Å². The smallest absolute Gasteiger partial charge is 0.256 e. The van der Waals surface area contributed by atoms with Gasteiger partial charge in [-0.25, -0.2) is 12.8 Å². The van der Waals surface area contributed by atoms with Crippen molar-refractivity contribution in [3.05, 3.63) is 65.0 Å². The van der Waals surface area contributed by atoms with Gasteiger partial charge in [-0.3, -0.25) is 9.59 Å². The van der Waals surface area contributed by atoms with Gasteiger partial charge in [-0.2, -0.15) is 0 Å². The standard InChI is InChI=1S/C26H31FN2O4S/c1-18-9-10-19(2)23(17-18)34(32,33)26(13-5-6-14-26)25(31)28-20-11-15-29(16-12-20)24(30)21-7-3-4-8-22(21)27/h3-4,7-10,17,20H,5-6,11-16H2,1-2H3,(H,28,31). The lowest BCUT2D eigenvalue weighted by atomic mass is 10.0.